The molecule has 3 nitrogen and oxygen atoms in total. The third kappa shape index (κ3) is 3.29. The number of carbonyl (C=O) groups is 1. The maximum atomic E-state index is 13.5. The summed E-state index contributed by atoms with van der Waals surface area (Å²) in [5, 5.41) is 0. The molecule has 2 N–H and O–H groups in total. The number of halogens is 2. The SMILES string of the molecule is NCC1CCCCN1C(=O)Cc1ccc(F)cc1F. The third-order valence-corrected chi connectivity index (χ3v) is 3.58. The van der Waals surface area contributed by atoms with E-state index in [1.54, 1.807) is 4.90 Å². The molecule has 0 aliphatic carbocycles. The molecule has 1 aromatic rings. The number of nitrogens with zero attached hydrogens (tertiary/aromatic N) is 1. The summed E-state index contributed by atoms with van der Waals surface area (Å²) in [6, 6.07) is 3.34. The Morgan fingerprint density at radius 1 is 1.37 bits per heavy atom. The third-order valence-electron chi connectivity index (χ3n) is 3.58. The van der Waals surface area contributed by atoms with E-state index in [9.17, 15) is 13.6 Å². The van der Waals surface area contributed by atoms with Crippen LogP contribution in [0.5, 0.6) is 0 Å². The van der Waals surface area contributed by atoms with Gasteiger partial charge in [-0.3, -0.25) is 4.79 Å². The molecule has 1 aliphatic heterocycles. The molecule has 2 rings (SSSR count). The van der Waals surface area contributed by atoms with E-state index < -0.39 is 11.6 Å². The Morgan fingerprint density at radius 2 is 2.16 bits per heavy atom. The number of amides is 1. The van der Waals surface area contributed by atoms with E-state index in [4.69, 9.17) is 5.73 Å². The van der Waals surface area contributed by atoms with Crippen molar-refractivity contribution < 1.29 is 13.6 Å². The van der Waals surface area contributed by atoms with Gasteiger partial charge in [0.1, 0.15) is 11.6 Å². The van der Waals surface area contributed by atoms with Crippen molar-refractivity contribution in [3.8, 4) is 0 Å². The van der Waals surface area contributed by atoms with Crippen LogP contribution >= 0.6 is 0 Å². The summed E-state index contributed by atoms with van der Waals surface area (Å²) < 4.78 is 26.3. The summed E-state index contributed by atoms with van der Waals surface area (Å²) in [5.41, 5.74) is 5.89. The lowest BCUT2D eigenvalue weighted by atomic mass is 10.0. The first-order valence-corrected chi connectivity index (χ1v) is 6.55. The van der Waals surface area contributed by atoms with Crippen LogP contribution in [-0.2, 0) is 11.2 Å². The second kappa shape index (κ2) is 6.10. The van der Waals surface area contributed by atoms with Crippen molar-refractivity contribution in [2.75, 3.05) is 13.1 Å². The van der Waals surface area contributed by atoms with Gasteiger partial charge in [-0.15, -0.1) is 0 Å². The Morgan fingerprint density at radius 3 is 2.84 bits per heavy atom. The minimum atomic E-state index is -0.672. The fourth-order valence-corrected chi connectivity index (χ4v) is 2.50. The van der Waals surface area contributed by atoms with Crippen LogP contribution in [0.25, 0.3) is 0 Å². The Bertz CT molecular complexity index is 465. The summed E-state index contributed by atoms with van der Waals surface area (Å²) in [7, 11) is 0. The predicted molar refractivity (Wildman–Crippen MR) is 68.5 cm³/mol. The number of piperidine rings is 1. The standard InChI is InChI=1S/C14H18F2N2O/c15-11-5-4-10(13(16)8-11)7-14(19)18-6-2-1-3-12(18)9-17/h4-5,8,12H,1-3,6-7,9,17H2. The number of hydrogen-bond acceptors (Lipinski definition) is 2. The molecule has 1 aromatic carbocycles. The maximum Gasteiger partial charge on any atom is 0.227 e. The molecular formula is C14H18F2N2O. The first-order chi connectivity index (χ1) is 9.11. The highest BCUT2D eigenvalue weighted by Gasteiger charge is 2.25. The van der Waals surface area contributed by atoms with Gasteiger partial charge in [0, 0.05) is 25.2 Å². The largest absolute Gasteiger partial charge is 0.338 e. The Balaban J connectivity index is 2.07. The number of carbonyl (C=O) groups excluding carboxylic acids is 1. The highest BCUT2D eigenvalue weighted by molar-refractivity contribution is 5.79. The molecule has 1 saturated heterocycles. The zero-order valence-electron chi connectivity index (χ0n) is 10.7. The van der Waals surface area contributed by atoms with Gasteiger partial charge in [-0.2, -0.15) is 0 Å². The first-order valence-electron chi connectivity index (χ1n) is 6.55. The molecule has 1 atom stereocenters. The number of likely N-dealkylation sites (tertiary alicyclic amines) is 1. The minimum Gasteiger partial charge on any atom is -0.338 e. The first kappa shape index (κ1) is 13.9. The van der Waals surface area contributed by atoms with Gasteiger partial charge in [-0.25, -0.2) is 8.78 Å². The van der Waals surface area contributed by atoms with Gasteiger partial charge in [0.2, 0.25) is 5.91 Å². The van der Waals surface area contributed by atoms with Gasteiger partial charge in [0.25, 0.3) is 0 Å². The molecule has 1 aliphatic rings. The average Bonchev–Trinajstić information content (AvgIpc) is 2.41. The van der Waals surface area contributed by atoms with Crippen molar-refractivity contribution in [3.63, 3.8) is 0 Å². The van der Waals surface area contributed by atoms with Crippen LogP contribution in [0.15, 0.2) is 18.2 Å². The summed E-state index contributed by atoms with van der Waals surface area (Å²) in [4.78, 5) is 13.9. The second-order valence-corrected chi connectivity index (χ2v) is 4.88. The van der Waals surface area contributed by atoms with Gasteiger partial charge < -0.3 is 10.6 Å². The quantitative estimate of drug-likeness (QED) is 0.909. The summed E-state index contributed by atoms with van der Waals surface area (Å²) in [6.07, 6.45) is 2.88. The minimum absolute atomic E-state index is 0.0391. The van der Waals surface area contributed by atoms with Crippen molar-refractivity contribution in [3.05, 3.63) is 35.4 Å². The van der Waals surface area contributed by atoms with Crippen molar-refractivity contribution in [1.82, 2.24) is 4.90 Å². The van der Waals surface area contributed by atoms with E-state index in [0.29, 0.717) is 13.1 Å². The molecule has 1 unspecified atom stereocenters. The van der Waals surface area contributed by atoms with Crippen LogP contribution in [0.1, 0.15) is 24.8 Å². The summed E-state index contributed by atoms with van der Waals surface area (Å²) in [5.74, 6) is -1.44. The molecule has 0 aromatic heterocycles. The fourth-order valence-electron chi connectivity index (χ4n) is 2.50. The molecule has 1 heterocycles. The zero-order valence-corrected chi connectivity index (χ0v) is 10.7. The van der Waals surface area contributed by atoms with Gasteiger partial charge in [-0.1, -0.05) is 6.07 Å². The molecule has 5 heteroatoms. The molecule has 1 amide bonds. The van der Waals surface area contributed by atoms with Crippen LogP contribution in [0.2, 0.25) is 0 Å². The number of benzene rings is 1. The second-order valence-electron chi connectivity index (χ2n) is 4.88. The van der Waals surface area contributed by atoms with E-state index in [1.165, 1.54) is 12.1 Å². The Hall–Kier alpha value is -1.49. The van der Waals surface area contributed by atoms with Crippen molar-refractivity contribution in [2.45, 2.75) is 31.7 Å². The number of rotatable bonds is 3. The van der Waals surface area contributed by atoms with E-state index in [-0.39, 0.29) is 23.9 Å². The lowest BCUT2D eigenvalue weighted by molar-refractivity contribution is -0.133. The molecule has 0 bridgehead atoms. The summed E-state index contributed by atoms with van der Waals surface area (Å²) >= 11 is 0. The monoisotopic (exact) mass is 268 g/mol. The number of nitrogens with two attached hydrogens (primary N) is 1. The van der Waals surface area contributed by atoms with Gasteiger partial charge >= 0.3 is 0 Å². The van der Waals surface area contributed by atoms with Gasteiger partial charge in [-0.05, 0) is 30.9 Å². The van der Waals surface area contributed by atoms with Crippen LogP contribution in [-0.4, -0.2) is 29.9 Å². The molecule has 1 fully saturated rings. The van der Waals surface area contributed by atoms with Crippen LogP contribution in [0.3, 0.4) is 0 Å². The predicted octanol–water partition coefficient (Wildman–Crippen LogP) is 1.85. The Kier molecular flexibility index (Phi) is 4.47. The Labute approximate surface area is 111 Å². The van der Waals surface area contributed by atoms with Gasteiger partial charge in [0.05, 0.1) is 6.42 Å². The zero-order chi connectivity index (χ0) is 13.8. The molecule has 104 valence electrons. The van der Waals surface area contributed by atoms with Crippen molar-refractivity contribution >= 4 is 5.91 Å². The van der Waals surface area contributed by atoms with E-state index >= 15 is 0 Å². The van der Waals surface area contributed by atoms with E-state index in [2.05, 4.69) is 0 Å². The fraction of sp³-hybridized carbons (Fsp3) is 0.500. The van der Waals surface area contributed by atoms with E-state index in [0.717, 1.165) is 25.3 Å². The lowest BCUT2D eigenvalue weighted by Crippen LogP contribution is -2.48. The molecular weight excluding hydrogens is 250 g/mol. The smallest absolute Gasteiger partial charge is 0.227 e. The highest BCUT2D eigenvalue weighted by atomic mass is 19.1. The molecule has 0 spiro atoms. The highest BCUT2D eigenvalue weighted by Crippen LogP contribution is 2.18. The van der Waals surface area contributed by atoms with Crippen molar-refractivity contribution in [1.29, 1.82) is 0 Å². The summed E-state index contributed by atoms with van der Waals surface area (Å²) in [6.45, 7) is 1.10. The van der Waals surface area contributed by atoms with Crippen LogP contribution in [0, 0.1) is 11.6 Å². The molecule has 0 saturated carbocycles. The normalized spacial score (nSPS) is 19.5. The van der Waals surface area contributed by atoms with Crippen LogP contribution in [0.4, 0.5) is 8.78 Å². The average molecular weight is 268 g/mol. The van der Waals surface area contributed by atoms with Gasteiger partial charge in [0.15, 0.2) is 0 Å². The maximum absolute atomic E-state index is 13.5. The van der Waals surface area contributed by atoms with Crippen LogP contribution < -0.4 is 5.73 Å². The topological polar surface area (TPSA) is 46.3 Å². The molecule has 19 heavy (non-hydrogen) atoms. The van der Waals surface area contributed by atoms with Crippen molar-refractivity contribution in [2.24, 2.45) is 5.73 Å². The lowest BCUT2D eigenvalue weighted by Gasteiger charge is -2.35. The number of hydrogen-bond donors (Lipinski definition) is 1. The van der Waals surface area contributed by atoms with E-state index in [1.807, 2.05) is 0 Å². The molecule has 0 radical (unpaired) electrons.